The van der Waals surface area contributed by atoms with Crippen molar-refractivity contribution in [2.24, 2.45) is 0 Å². The molecule has 0 bridgehead atoms. The van der Waals surface area contributed by atoms with Crippen LogP contribution in [0.25, 0.3) is 0 Å². The van der Waals surface area contributed by atoms with E-state index in [4.69, 9.17) is 28.6 Å². The van der Waals surface area contributed by atoms with Crippen LogP contribution in [0.3, 0.4) is 0 Å². The first kappa shape index (κ1) is 17.6. The number of ether oxygens (including phenoxy) is 1. The van der Waals surface area contributed by atoms with Crippen molar-refractivity contribution in [2.45, 2.75) is 0 Å². The lowest BCUT2D eigenvalue weighted by Crippen LogP contribution is -2.34. The molecule has 0 aliphatic carbocycles. The molecule has 2 rings (SSSR count). The number of amides is 1. The van der Waals surface area contributed by atoms with Gasteiger partial charge in [0, 0.05) is 17.7 Å². The fraction of sp³-hybridized carbons (Fsp3) is 0.0667. The zero-order valence-corrected chi connectivity index (χ0v) is 14.0. The van der Waals surface area contributed by atoms with Crippen molar-refractivity contribution < 1.29 is 14.5 Å². The lowest BCUT2D eigenvalue weighted by molar-refractivity contribution is -0.384. The van der Waals surface area contributed by atoms with E-state index in [2.05, 4.69) is 10.6 Å². The molecule has 0 radical (unpaired) electrons. The maximum absolute atomic E-state index is 12.1. The number of nitro groups is 1. The molecule has 0 aromatic heterocycles. The molecule has 2 aromatic rings. The quantitative estimate of drug-likeness (QED) is 0.490. The second-order valence-electron chi connectivity index (χ2n) is 4.56. The topological polar surface area (TPSA) is 93.5 Å². The van der Waals surface area contributed by atoms with E-state index in [0.29, 0.717) is 17.0 Å². The number of hydrogen-bond acceptors (Lipinski definition) is 5. The fourth-order valence-electron chi connectivity index (χ4n) is 1.79. The number of nitrogens with one attached hydrogen (secondary N) is 2. The first-order valence-electron chi connectivity index (χ1n) is 6.61. The molecule has 2 N–H and O–H groups in total. The van der Waals surface area contributed by atoms with Crippen molar-refractivity contribution in [1.29, 1.82) is 0 Å². The Morgan fingerprint density at radius 3 is 2.46 bits per heavy atom. The van der Waals surface area contributed by atoms with E-state index in [9.17, 15) is 14.9 Å². The Morgan fingerprint density at radius 2 is 1.92 bits per heavy atom. The third-order valence-electron chi connectivity index (χ3n) is 2.99. The van der Waals surface area contributed by atoms with Crippen LogP contribution in [0.4, 0.5) is 11.4 Å². The summed E-state index contributed by atoms with van der Waals surface area (Å²) in [5.41, 5.74) is 0.607. The number of halogens is 1. The number of anilines is 1. The molecule has 2 aromatic carbocycles. The standard InChI is InChI=1S/C15H12ClN3O4S/c1-23-11-5-2-9(3-6-11)14(20)18-15(24)17-13-7-4-10(19(21)22)8-12(13)16/h2-8H,1H3,(H2,17,18,20,24). The first-order valence-corrected chi connectivity index (χ1v) is 7.39. The number of methoxy groups -OCH3 is 1. The highest BCUT2D eigenvalue weighted by atomic mass is 35.5. The van der Waals surface area contributed by atoms with Gasteiger partial charge < -0.3 is 10.1 Å². The van der Waals surface area contributed by atoms with Gasteiger partial charge in [-0.05, 0) is 42.5 Å². The number of carbonyl (C=O) groups excluding carboxylic acids is 1. The highest BCUT2D eigenvalue weighted by Crippen LogP contribution is 2.26. The Labute approximate surface area is 147 Å². The van der Waals surface area contributed by atoms with E-state index in [1.165, 1.54) is 25.3 Å². The maximum atomic E-state index is 12.1. The molecule has 0 unspecified atom stereocenters. The molecule has 0 aliphatic heterocycles. The second-order valence-corrected chi connectivity index (χ2v) is 5.37. The smallest absolute Gasteiger partial charge is 0.271 e. The molecule has 124 valence electrons. The minimum absolute atomic E-state index is 0.0200. The van der Waals surface area contributed by atoms with Gasteiger partial charge in [-0.25, -0.2) is 0 Å². The van der Waals surface area contributed by atoms with Crippen LogP contribution in [0.5, 0.6) is 5.75 Å². The van der Waals surface area contributed by atoms with Gasteiger partial charge in [0.1, 0.15) is 5.75 Å². The van der Waals surface area contributed by atoms with Gasteiger partial charge >= 0.3 is 0 Å². The van der Waals surface area contributed by atoms with Crippen molar-refractivity contribution in [3.05, 3.63) is 63.2 Å². The Hall–Kier alpha value is -2.71. The zero-order chi connectivity index (χ0) is 17.7. The molecular weight excluding hydrogens is 354 g/mol. The Morgan fingerprint density at radius 1 is 1.25 bits per heavy atom. The van der Waals surface area contributed by atoms with Gasteiger partial charge in [0.15, 0.2) is 5.11 Å². The van der Waals surface area contributed by atoms with Crippen LogP contribution >= 0.6 is 23.8 Å². The monoisotopic (exact) mass is 365 g/mol. The molecule has 1 amide bonds. The summed E-state index contributed by atoms with van der Waals surface area (Å²) in [7, 11) is 1.53. The molecular formula is C15H12ClN3O4S. The summed E-state index contributed by atoms with van der Waals surface area (Å²) in [6.07, 6.45) is 0. The lowest BCUT2D eigenvalue weighted by atomic mass is 10.2. The van der Waals surface area contributed by atoms with Crippen LogP contribution < -0.4 is 15.4 Å². The average molecular weight is 366 g/mol. The van der Waals surface area contributed by atoms with Crippen LogP contribution in [0.15, 0.2) is 42.5 Å². The number of carbonyl (C=O) groups is 1. The zero-order valence-electron chi connectivity index (χ0n) is 12.4. The van der Waals surface area contributed by atoms with Crippen LogP contribution in [0.2, 0.25) is 5.02 Å². The summed E-state index contributed by atoms with van der Waals surface area (Å²) in [6.45, 7) is 0. The number of non-ortho nitro benzene ring substituents is 1. The summed E-state index contributed by atoms with van der Waals surface area (Å²) >= 11 is 11.0. The minimum atomic E-state index is -0.556. The normalized spacial score (nSPS) is 9.92. The molecule has 0 atom stereocenters. The van der Waals surface area contributed by atoms with Gasteiger partial charge in [0.2, 0.25) is 0 Å². The van der Waals surface area contributed by atoms with Gasteiger partial charge in [0.25, 0.3) is 11.6 Å². The van der Waals surface area contributed by atoms with Crippen LogP contribution in [-0.4, -0.2) is 23.1 Å². The Balaban J connectivity index is 2.02. The van der Waals surface area contributed by atoms with Gasteiger partial charge in [-0.15, -0.1) is 0 Å². The van der Waals surface area contributed by atoms with Crippen molar-refractivity contribution in [3.8, 4) is 5.75 Å². The number of thiocarbonyl (C=S) groups is 1. The molecule has 7 nitrogen and oxygen atoms in total. The summed E-state index contributed by atoms with van der Waals surface area (Å²) in [5.74, 6) is 0.220. The van der Waals surface area contributed by atoms with E-state index in [-0.39, 0.29) is 15.8 Å². The van der Waals surface area contributed by atoms with Crippen molar-refractivity contribution in [3.63, 3.8) is 0 Å². The summed E-state index contributed by atoms with van der Waals surface area (Å²) < 4.78 is 5.02. The molecule has 0 aliphatic rings. The molecule has 9 heteroatoms. The molecule has 0 saturated carbocycles. The molecule has 0 spiro atoms. The van der Waals surface area contributed by atoms with Crippen molar-refractivity contribution in [1.82, 2.24) is 5.32 Å². The SMILES string of the molecule is COc1ccc(C(=O)NC(=S)Nc2ccc([N+](=O)[O-])cc2Cl)cc1. The second kappa shape index (κ2) is 7.71. The number of rotatable bonds is 4. The summed E-state index contributed by atoms with van der Waals surface area (Å²) in [4.78, 5) is 22.2. The number of nitrogens with zero attached hydrogens (tertiary/aromatic N) is 1. The lowest BCUT2D eigenvalue weighted by Gasteiger charge is -2.11. The van der Waals surface area contributed by atoms with Gasteiger partial charge in [-0.3, -0.25) is 20.2 Å². The summed E-state index contributed by atoms with van der Waals surface area (Å²) in [5, 5.41) is 16.0. The third kappa shape index (κ3) is 4.40. The van der Waals surface area contributed by atoms with E-state index < -0.39 is 10.8 Å². The minimum Gasteiger partial charge on any atom is -0.497 e. The van der Waals surface area contributed by atoms with Crippen molar-refractivity contribution in [2.75, 3.05) is 12.4 Å². The predicted octanol–water partition coefficient (Wildman–Crippen LogP) is 3.38. The number of benzene rings is 2. The highest BCUT2D eigenvalue weighted by Gasteiger charge is 2.12. The number of hydrogen-bond donors (Lipinski definition) is 2. The van der Waals surface area contributed by atoms with Gasteiger partial charge in [-0.1, -0.05) is 11.6 Å². The molecule has 0 saturated heterocycles. The van der Waals surface area contributed by atoms with Crippen LogP contribution in [-0.2, 0) is 0 Å². The van der Waals surface area contributed by atoms with E-state index in [1.807, 2.05) is 0 Å². The van der Waals surface area contributed by atoms with E-state index in [1.54, 1.807) is 24.3 Å². The maximum Gasteiger partial charge on any atom is 0.271 e. The Bertz CT molecular complexity index is 796. The highest BCUT2D eigenvalue weighted by molar-refractivity contribution is 7.80. The summed E-state index contributed by atoms with van der Waals surface area (Å²) in [6, 6.07) is 10.4. The van der Waals surface area contributed by atoms with Gasteiger partial charge in [0.05, 0.1) is 22.7 Å². The third-order valence-corrected chi connectivity index (χ3v) is 3.51. The molecule has 0 heterocycles. The van der Waals surface area contributed by atoms with E-state index in [0.717, 1.165) is 0 Å². The van der Waals surface area contributed by atoms with Gasteiger partial charge in [-0.2, -0.15) is 0 Å². The fourth-order valence-corrected chi connectivity index (χ4v) is 2.21. The molecule has 24 heavy (non-hydrogen) atoms. The predicted molar refractivity (Wildman–Crippen MR) is 94.8 cm³/mol. The Kier molecular flexibility index (Phi) is 5.67. The average Bonchev–Trinajstić information content (AvgIpc) is 2.56. The molecule has 0 fully saturated rings. The van der Waals surface area contributed by atoms with Crippen LogP contribution in [0, 0.1) is 10.1 Å². The van der Waals surface area contributed by atoms with Crippen molar-refractivity contribution >= 4 is 46.2 Å². The first-order chi connectivity index (χ1) is 11.4. The van der Waals surface area contributed by atoms with E-state index >= 15 is 0 Å². The number of nitro benzene ring substituents is 1. The van der Waals surface area contributed by atoms with Crippen LogP contribution in [0.1, 0.15) is 10.4 Å². The largest absolute Gasteiger partial charge is 0.497 e.